The van der Waals surface area contributed by atoms with E-state index in [4.69, 9.17) is 9.84 Å². The molecule has 1 atom stereocenters. The van der Waals surface area contributed by atoms with Crippen molar-refractivity contribution in [1.82, 2.24) is 4.90 Å². The molecule has 3 heteroatoms. The van der Waals surface area contributed by atoms with Crippen LogP contribution in [0.1, 0.15) is 24.8 Å². The molecular weight excluding hydrogens is 238 g/mol. The Hall–Kier alpha value is -1.06. The molecule has 1 saturated heterocycles. The van der Waals surface area contributed by atoms with Crippen molar-refractivity contribution in [2.45, 2.75) is 25.7 Å². The zero-order chi connectivity index (χ0) is 13.5. The molecule has 19 heavy (non-hydrogen) atoms. The van der Waals surface area contributed by atoms with E-state index in [1.54, 1.807) is 7.11 Å². The molecule has 1 fully saturated rings. The molecule has 0 amide bonds. The standard InChI is InChI=1S/C16H25NO2/c1-19-16-6-4-14(5-7-16)8-11-17-10-2-3-15(13-17)9-12-18/h4-7,15,18H,2-3,8-13H2,1H3. The van der Waals surface area contributed by atoms with E-state index in [-0.39, 0.29) is 0 Å². The molecule has 0 aliphatic carbocycles. The first-order valence-electron chi connectivity index (χ1n) is 7.28. The van der Waals surface area contributed by atoms with Gasteiger partial charge in [0, 0.05) is 19.7 Å². The van der Waals surface area contributed by atoms with Gasteiger partial charge in [-0.05, 0) is 55.8 Å². The van der Waals surface area contributed by atoms with Crippen molar-refractivity contribution in [2.24, 2.45) is 5.92 Å². The Kier molecular flexibility index (Phi) is 5.67. The topological polar surface area (TPSA) is 32.7 Å². The van der Waals surface area contributed by atoms with E-state index >= 15 is 0 Å². The molecule has 1 aromatic carbocycles. The van der Waals surface area contributed by atoms with Crippen LogP contribution in [0.25, 0.3) is 0 Å². The fourth-order valence-electron chi connectivity index (χ4n) is 2.85. The highest BCUT2D eigenvalue weighted by atomic mass is 16.5. The Morgan fingerprint density at radius 2 is 2.11 bits per heavy atom. The highest BCUT2D eigenvalue weighted by Gasteiger charge is 2.18. The van der Waals surface area contributed by atoms with Gasteiger partial charge in [-0.25, -0.2) is 0 Å². The summed E-state index contributed by atoms with van der Waals surface area (Å²) in [6.07, 6.45) is 4.60. The molecule has 0 radical (unpaired) electrons. The molecule has 0 spiro atoms. The van der Waals surface area contributed by atoms with Gasteiger partial charge in [-0.3, -0.25) is 0 Å². The van der Waals surface area contributed by atoms with Gasteiger partial charge in [0.05, 0.1) is 7.11 Å². The maximum atomic E-state index is 9.03. The van der Waals surface area contributed by atoms with Crippen LogP contribution in [0.5, 0.6) is 5.75 Å². The summed E-state index contributed by atoms with van der Waals surface area (Å²) < 4.78 is 5.17. The van der Waals surface area contributed by atoms with Gasteiger partial charge in [0.1, 0.15) is 5.75 Å². The lowest BCUT2D eigenvalue weighted by atomic mass is 9.95. The quantitative estimate of drug-likeness (QED) is 0.855. The van der Waals surface area contributed by atoms with Crippen LogP contribution < -0.4 is 4.74 Å². The Morgan fingerprint density at radius 3 is 2.79 bits per heavy atom. The zero-order valence-electron chi connectivity index (χ0n) is 11.8. The summed E-state index contributed by atoms with van der Waals surface area (Å²) >= 11 is 0. The summed E-state index contributed by atoms with van der Waals surface area (Å²) in [5.41, 5.74) is 1.37. The van der Waals surface area contributed by atoms with E-state index in [0.717, 1.165) is 31.7 Å². The SMILES string of the molecule is COc1ccc(CCN2CCCC(CCO)C2)cc1. The van der Waals surface area contributed by atoms with Crippen LogP contribution in [0.15, 0.2) is 24.3 Å². The van der Waals surface area contributed by atoms with Gasteiger partial charge in [0.25, 0.3) is 0 Å². The van der Waals surface area contributed by atoms with E-state index < -0.39 is 0 Å². The second kappa shape index (κ2) is 7.51. The lowest BCUT2D eigenvalue weighted by molar-refractivity contribution is 0.149. The molecule has 3 nitrogen and oxygen atoms in total. The minimum Gasteiger partial charge on any atom is -0.497 e. The Bertz CT molecular complexity index is 362. The lowest BCUT2D eigenvalue weighted by Gasteiger charge is -2.32. The van der Waals surface area contributed by atoms with Gasteiger partial charge in [0.15, 0.2) is 0 Å². The molecule has 0 saturated carbocycles. The molecule has 0 bridgehead atoms. The normalized spacial score (nSPS) is 20.4. The Labute approximate surface area is 116 Å². The van der Waals surface area contributed by atoms with Crippen LogP contribution in [-0.4, -0.2) is 43.4 Å². The minimum absolute atomic E-state index is 0.330. The Balaban J connectivity index is 1.77. The molecular formula is C16H25NO2. The number of likely N-dealkylation sites (tertiary alicyclic amines) is 1. The largest absolute Gasteiger partial charge is 0.497 e. The second-order valence-corrected chi connectivity index (χ2v) is 5.42. The maximum Gasteiger partial charge on any atom is 0.118 e. The fourth-order valence-corrected chi connectivity index (χ4v) is 2.85. The van der Waals surface area contributed by atoms with E-state index in [9.17, 15) is 0 Å². The van der Waals surface area contributed by atoms with Gasteiger partial charge in [-0.15, -0.1) is 0 Å². The molecule has 1 heterocycles. The number of benzene rings is 1. The smallest absolute Gasteiger partial charge is 0.118 e. The average Bonchev–Trinajstić information content (AvgIpc) is 2.46. The van der Waals surface area contributed by atoms with Gasteiger partial charge >= 0.3 is 0 Å². The highest BCUT2D eigenvalue weighted by Crippen LogP contribution is 2.19. The van der Waals surface area contributed by atoms with Gasteiger partial charge in [-0.2, -0.15) is 0 Å². The van der Waals surface area contributed by atoms with Crippen molar-refractivity contribution in [3.05, 3.63) is 29.8 Å². The molecule has 1 N–H and O–H groups in total. The molecule has 1 aliphatic rings. The summed E-state index contributed by atoms with van der Waals surface area (Å²) in [6.45, 7) is 3.81. The first-order valence-corrected chi connectivity index (χ1v) is 7.28. The monoisotopic (exact) mass is 263 g/mol. The number of nitrogens with zero attached hydrogens (tertiary/aromatic N) is 1. The third-order valence-electron chi connectivity index (χ3n) is 4.02. The first-order chi connectivity index (χ1) is 9.31. The summed E-state index contributed by atoms with van der Waals surface area (Å²) in [5.74, 6) is 1.61. The summed E-state index contributed by atoms with van der Waals surface area (Å²) in [4.78, 5) is 2.54. The summed E-state index contributed by atoms with van der Waals surface area (Å²) in [7, 11) is 1.70. The first kappa shape index (κ1) is 14.4. The minimum atomic E-state index is 0.330. The predicted molar refractivity (Wildman–Crippen MR) is 77.6 cm³/mol. The summed E-state index contributed by atoms with van der Waals surface area (Å²) in [6, 6.07) is 8.35. The lowest BCUT2D eigenvalue weighted by Crippen LogP contribution is -2.37. The summed E-state index contributed by atoms with van der Waals surface area (Å²) in [5, 5.41) is 9.03. The third-order valence-corrected chi connectivity index (χ3v) is 4.02. The number of rotatable bonds is 6. The van der Waals surface area contributed by atoms with E-state index in [1.807, 2.05) is 12.1 Å². The maximum absolute atomic E-state index is 9.03. The molecule has 2 rings (SSSR count). The third kappa shape index (κ3) is 4.51. The molecule has 1 unspecified atom stereocenters. The van der Waals surface area contributed by atoms with E-state index in [1.165, 1.54) is 24.9 Å². The van der Waals surface area contributed by atoms with Gasteiger partial charge in [-0.1, -0.05) is 12.1 Å². The van der Waals surface area contributed by atoms with Crippen molar-refractivity contribution in [3.8, 4) is 5.75 Å². The number of hydrogen-bond donors (Lipinski definition) is 1. The van der Waals surface area contributed by atoms with Crippen molar-refractivity contribution >= 4 is 0 Å². The van der Waals surface area contributed by atoms with Crippen LogP contribution in [0, 0.1) is 5.92 Å². The van der Waals surface area contributed by atoms with Crippen LogP contribution in [-0.2, 0) is 6.42 Å². The molecule has 106 valence electrons. The van der Waals surface area contributed by atoms with Crippen molar-refractivity contribution in [3.63, 3.8) is 0 Å². The Morgan fingerprint density at radius 1 is 1.32 bits per heavy atom. The predicted octanol–water partition coefficient (Wildman–Crippen LogP) is 2.33. The number of ether oxygens (including phenoxy) is 1. The van der Waals surface area contributed by atoms with Crippen LogP contribution >= 0.6 is 0 Å². The zero-order valence-corrected chi connectivity index (χ0v) is 11.8. The van der Waals surface area contributed by atoms with Gasteiger partial charge in [0.2, 0.25) is 0 Å². The van der Waals surface area contributed by atoms with Crippen LogP contribution in [0.2, 0.25) is 0 Å². The van der Waals surface area contributed by atoms with Gasteiger partial charge < -0.3 is 14.7 Å². The number of methoxy groups -OCH3 is 1. The van der Waals surface area contributed by atoms with E-state index in [2.05, 4.69) is 17.0 Å². The average molecular weight is 263 g/mol. The van der Waals surface area contributed by atoms with Crippen molar-refractivity contribution in [1.29, 1.82) is 0 Å². The number of piperidine rings is 1. The van der Waals surface area contributed by atoms with Crippen LogP contribution in [0.3, 0.4) is 0 Å². The van der Waals surface area contributed by atoms with Crippen LogP contribution in [0.4, 0.5) is 0 Å². The fraction of sp³-hybridized carbons (Fsp3) is 0.625. The molecule has 1 aromatic rings. The number of aliphatic hydroxyl groups excluding tert-OH is 1. The molecule has 0 aromatic heterocycles. The number of aliphatic hydroxyl groups is 1. The highest BCUT2D eigenvalue weighted by molar-refractivity contribution is 5.27. The van der Waals surface area contributed by atoms with Crippen molar-refractivity contribution < 1.29 is 9.84 Å². The number of hydrogen-bond acceptors (Lipinski definition) is 3. The second-order valence-electron chi connectivity index (χ2n) is 5.42. The molecule has 1 aliphatic heterocycles. The van der Waals surface area contributed by atoms with Crippen molar-refractivity contribution in [2.75, 3.05) is 33.4 Å². The van der Waals surface area contributed by atoms with E-state index in [0.29, 0.717) is 12.5 Å².